The van der Waals surface area contributed by atoms with Gasteiger partial charge < -0.3 is 28.6 Å². The number of amides is 2. The molecule has 1 fully saturated rings. The van der Waals surface area contributed by atoms with Gasteiger partial charge in [-0.1, -0.05) is 45.0 Å². The lowest BCUT2D eigenvalue weighted by Gasteiger charge is -2.27. The zero-order valence-corrected chi connectivity index (χ0v) is 29.1. The van der Waals surface area contributed by atoms with Crippen molar-refractivity contribution in [3.8, 4) is 23.0 Å². The number of methoxy groups -OCH3 is 1. The van der Waals surface area contributed by atoms with E-state index in [0.29, 0.717) is 43.6 Å². The van der Waals surface area contributed by atoms with Crippen LogP contribution in [0.15, 0.2) is 90.0 Å². The van der Waals surface area contributed by atoms with E-state index in [1.165, 1.54) is 37.6 Å². The Kier molecular flexibility index (Phi) is 11.4. The first kappa shape index (κ1) is 36.0. The Balaban J connectivity index is 1.50. The highest BCUT2D eigenvalue weighted by molar-refractivity contribution is 7.92. The van der Waals surface area contributed by atoms with Crippen LogP contribution in [0.3, 0.4) is 0 Å². The molecule has 4 aromatic rings. The summed E-state index contributed by atoms with van der Waals surface area (Å²) >= 11 is 0. The second-order valence-corrected chi connectivity index (χ2v) is 13.9. The predicted octanol–water partition coefficient (Wildman–Crippen LogP) is 6.08. The number of carbonyl (C=O) groups excluding carboxylic acids is 2. The van der Waals surface area contributed by atoms with E-state index in [-0.39, 0.29) is 52.2 Å². The summed E-state index contributed by atoms with van der Waals surface area (Å²) < 4.78 is 58.6. The number of ether oxygens (including phenoxy) is 5. The first-order chi connectivity index (χ1) is 23.9. The number of carbonyl (C=O) groups is 2. The molecular weight excluding hydrogens is 664 g/mol. The van der Waals surface area contributed by atoms with Crippen LogP contribution >= 0.6 is 0 Å². The Bertz CT molecular complexity index is 1890. The van der Waals surface area contributed by atoms with Crippen LogP contribution in [0.1, 0.15) is 36.7 Å². The number of pyridine rings is 1. The second kappa shape index (κ2) is 15.9. The molecule has 0 spiro atoms. The highest BCUT2D eigenvalue weighted by Gasteiger charge is 2.26. The second-order valence-electron chi connectivity index (χ2n) is 12.2. The van der Waals surface area contributed by atoms with Gasteiger partial charge in [0.15, 0.2) is 11.5 Å². The average molecular weight is 705 g/mol. The fourth-order valence-electron chi connectivity index (χ4n) is 4.95. The van der Waals surface area contributed by atoms with Crippen LogP contribution in [0.25, 0.3) is 0 Å². The third-order valence-electron chi connectivity index (χ3n) is 7.61. The van der Waals surface area contributed by atoms with Gasteiger partial charge in [0.25, 0.3) is 15.9 Å². The monoisotopic (exact) mass is 704 g/mol. The van der Waals surface area contributed by atoms with E-state index in [4.69, 9.17) is 23.7 Å². The smallest absolute Gasteiger partial charge is 0.412 e. The maximum atomic E-state index is 13.8. The largest absolute Gasteiger partial charge is 0.497 e. The molecule has 1 aromatic heterocycles. The van der Waals surface area contributed by atoms with E-state index >= 15 is 0 Å². The van der Waals surface area contributed by atoms with Crippen molar-refractivity contribution in [2.75, 3.05) is 56.7 Å². The van der Waals surface area contributed by atoms with Gasteiger partial charge in [0.05, 0.1) is 30.9 Å². The molecule has 0 bridgehead atoms. The summed E-state index contributed by atoms with van der Waals surface area (Å²) in [6.45, 7) is 7.20. The summed E-state index contributed by atoms with van der Waals surface area (Å²) in [4.78, 5) is 31.7. The molecule has 2 heterocycles. The molecule has 1 saturated heterocycles. The number of anilines is 2. The van der Waals surface area contributed by atoms with Gasteiger partial charge in [0.1, 0.15) is 30.5 Å². The summed E-state index contributed by atoms with van der Waals surface area (Å²) in [5, 5.41) is 2.52. The van der Waals surface area contributed by atoms with E-state index in [1.54, 1.807) is 59.5 Å². The van der Waals surface area contributed by atoms with Crippen molar-refractivity contribution < 1.29 is 41.7 Å². The average Bonchev–Trinajstić information content (AvgIpc) is 3.11. The van der Waals surface area contributed by atoms with E-state index in [9.17, 15) is 18.0 Å². The van der Waals surface area contributed by atoms with Gasteiger partial charge in [-0.2, -0.15) is 0 Å². The number of sulfonamides is 1. The van der Waals surface area contributed by atoms with Crippen LogP contribution < -0.4 is 24.2 Å². The Morgan fingerprint density at radius 2 is 1.66 bits per heavy atom. The van der Waals surface area contributed by atoms with Gasteiger partial charge in [-0.3, -0.25) is 14.8 Å². The highest BCUT2D eigenvalue weighted by Crippen LogP contribution is 2.42. The first-order valence-corrected chi connectivity index (χ1v) is 17.4. The summed E-state index contributed by atoms with van der Waals surface area (Å²) in [5.74, 6) is 0.768. The van der Waals surface area contributed by atoms with Gasteiger partial charge in [-0.15, -0.1) is 0 Å². The zero-order valence-electron chi connectivity index (χ0n) is 28.3. The fraction of sp³-hybridized carbons (Fsp3) is 0.306. The molecular formula is C36H40N4O9S. The first-order valence-electron chi connectivity index (χ1n) is 15.9. The van der Waals surface area contributed by atoms with Crippen LogP contribution in [0.4, 0.5) is 16.3 Å². The van der Waals surface area contributed by atoms with E-state index in [2.05, 4.69) is 15.0 Å². The number of nitrogens with one attached hydrogen (secondary N) is 2. The van der Waals surface area contributed by atoms with Gasteiger partial charge in [-0.05, 0) is 59.5 Å². The molecule has 264 valence electrons. The number of aromatic nitrogens is 1. The lowest BCUT2D eigenvalue weighted by Crippen LogP contribution is -2.40. The Morgan fingerprint density at radius 3 is 2.34 bits per heavy atom. The Labute approximate surface area is 291 Å². The minimum atomic E-state index is -4.19. The number of benzene rings is 3. The minimum absolute atomic E-state index is 0.0116. The maximum absolute atomic E-state index is 13.8. The normalized spacial score (nSPS) is 13.2. The summed E-state index contributed by atoms with van der Waals surface area (Å²) in [5.41, 5.74) is 0.879. The summed E-state index contributed by atoms with van der Waals surface area (Å²) in [6, 6.07) is 21.2. The molecule has 13 nitrogen and oxygen atoms in total. The van der Waals surface area contributed by atoms with E-state index in [0.717, 1.165) is 5.56 Å². The van der Waals surface area contributed by atoms with Crippen molar-refractivity contribution >= 4 is 33.5 Å². The third kappa shape index (κ3) is 9.42. The summed E-state index contributed by atoms with van der Waals surface area (Å²) in [7, 11) is -2.68. The molecule has 1 aliphatic heterocycles. The van der Waals surface area contributed by atoms with Crippen molar-refractivity contribution in [1.82, 2.24) is 9.88 Å². The van der Waals surface area contributed by atoms with Crippen LogP contribution in [0.2, 0.25) is 0 Å². The molecule has 0 radical (unpaired) electrons. The van der Waals surface area contributed by atoms with Crippen molar-refractivity contribution in [2.45, 2.75) is 31.1 Å². The summed E-state index contributed by atoms with van der Waals surface area (Å²) in [6.07, 6.45) is 0.780. The fourth-order valence-corrected chi connectivity index (χ4v) is 6.00. The standard InChI is InChI=1S/C36H40N4O9S/c1-36(2,3)26-11-13-29(14-12-26)50(43,44)39-30-22-25(34(41)40-16-18-46-19-17-40)23-31(33(30)49-28-9-7-8-27(24-28)45-4)47-20-21-48-35(42)38-32-10-5-6-15-37-32/h5-15,22-24,39H,16-21H2,1-4H3,(H,37,38,42). The molecule has 0 aliphatic carbocycles. The third-order valence-corrected chi connectivity index (χ3v) is 8.99. The lowest BCUT2D eigenvalue weighted by molar-refractivity contribution is 0.0302. The van der Waals surface area contributed by atoms with Crippen LogP contribution in [-0.4, -0.2) is 76.9 Å². The molecule has 0 atom stereocenters. The van der Waals surface area contributed by atoms with Crippen LogP contribution in [0.5, 0.6) is 23.0 Å². The van der Waals surface area contributed by atoms with Crippen molar-refractivity contribution in [2.24, 2.45) is 0 Å². The number of nitrogens with zero attached hydrogens (tertiary/aromatic N) is 2. The van der Waals surface area contributed by atoms with Crippen molar-refractivity contribution in [3.63, 3.8) is 0 Å². The molecule has 5 rings (SSSR count). The van der Waals surface area contributed by atoms with Gasteiger partial charge in [0, 0.05) is 30.9 Å². The molecule has 50 heavy (non-hydrogen) atoms. The highest BCUT2D eigenvalue weighted by atomic mass is 32.2. The molecule has 0 saturated carbocycles. The molecule has 3 aromatic carbocycles. The topological polar surface area (TPSA) is 155 Å². The van der Waals surface area contributed by atoms with Crippen molar-refractivity contribution in [1.29, 1.82) is 0 Å². The van der Waals surface area contributed by atoms with E-state index < -0.39 is 16.1 Å². The number of morpholine rings is 1. The molecule has 0 unspecified atom stereocenters. The molecule has 1 aliphatic rings. The van der Waals surface area contributed by atoms with Crippen LogP contribution in [-0.2, 0) is 24.9 Å². The quantitative estimate of drug-likeness (QED) is 0.166. The minimum Gasteiger partial charge on any atom is -0.497 e. The number of hydrogen-bond acceptors (Lipinski definition) is 10. The van der Waals surface area contributed by atoms with Crippen molar-refractivity contribution in [3.05, 3.63) is 96.2 Å². The van der Waals surface area contributed by atoms with E-state index in [1.807, 2.05) is 20.8 Å². The maximum Gasteiger partial charge on any atom is 0.412 e. The van der Waals surface area contributed by atoms with Gasteiger partial charge in [-0.25, -0.2) is 18.2 Å². The predicted molar refractivity (Wildman–Crippen MR) is 187 cm³/mol. The molecule has 14 heteroatoms. The number of rotatable bonds is 12. The SMILES string of the molecule is COc1cccc(Oc2c(NS(=O)(=O)c3ccc(C(C)(C)C)cc3)cc(C(=O)N3CCOCC3)cc2OCCOC(=O)Nc2ccccn2)c1. The zero-order chi connectivity index (χ0) is 35.7. The Morgan fingerprint density at radius 1 is 0.920 bits per heavy atom. The molecule has 2 N–H and O–H groups in total. The van der Waals surface area contributed by atoms with Gasteiger partial charge in [0.2, 0.25) is 0 Å². The van der Waals surface area contributed by atoms with Gasteiger partial charge >= 0.3 is 6.09 Å². The van der Waals surface area contributed by atoms with Crippen LogP contribution in [0, 0.1) is 0 Å². The number of hydrogen-bond donors (Lipinski definition) is 2. The lowest BCUT2D eigenvalue weighted by atomic mass is 9.87. The molecule has 2 amide bonds. The Hall–Kier alpha value is -5.34.